The van der Waals surface area contributed by atoms with Gasteiger partial charge < -0.3 is 4.40 Å². The van der Waals surface area contributed by atoms with E-state index in [1.165, 1.54) is 98.7 Å². The summed E-state index contributed by atoms with van der Waals surface area (Å²) in [7, 11) is 0. The zero-order chi connectivity index (χ0) is 36.0. The summed E-state index contributed by atoms with van der Waals surface area (Å²) in [5.41, 5.74) is 15.7. The van der Waals surface area contributed by atoms with E-state index in [4.69, 9.17) is 4.98 Å². The molecule has 12 rings (SSSR count). The molecule has 2 heterocycles. The number of aromatic nitrogens is 2. The number of imidazole rings is 1. The van der Waals surface area contributed by atoms with Gasteiger partial charge in [0.25, 0.3) is 0 Å². The van der Waals surface area contributed by atoms with Crippen LogP contribution in [0.25, 0.3) is 116 Å². The maximum atomic E-state index is 4.95. The van der Waals surface area contributed by atoms with E-state index in [0.29, 0.717) is 0 Å². The predicted octanol–water partition coefficient (Wildman–Crippen LogP) is 14.3. The van der Waals surface area contributed by atoms with Crippen molar-refractivity contribution in [3.63, 3.8) is 0 Å². The van der Waals surface area contributed by atoms with Gasteiger partial charge in [-0.3, -0.25) is 0 Å². The highest BCUT2D eigenvalue weighted by atomic mass is 15.0. The first-order chi connectivity index (χ1) is 27.3. The van der Waals surface area contributed by atoms with Gasteiger partial charge in [0.2, 0.25) is 0 Å². The highest BCUT2D eigenvalue weighted by Gasteiger charge is 2.31. The lowest BCUT2D eigenvalue weighted by Crippen LogP contribution is -1.94. The van der Waals surface area contributed by atoms with E-state index in [0.717, 1.165) is 16.9 Å². The highest BCUT2D eigenvalue weighted by molar-refractivity contribution is 6.29. The van der Waals surface area contributed by atoms with E-state index in [1.807, 2.05) is 12.1 Å². The highest BCUT2D eigenvalue weighted by Crippen LogP contribution is 2.58. The van der Waals surface area contributed by atoms with E-state index in [2.05, 4.69) is 187 Å². The average molecular weight is 697 g/mol. The van der Waals surface area contributed by atoms with Gasteiger partial charge in [0.1, 0.15) is 5.65 Å². The lowest BCUT2D eigenvalue weighted by molar-refractivity contribution is 1.19. The van der Waals surface area contributed by atoms with Gasteiger partial charge in [-0.05, 0) is 129 Å². The Morgan fingerprint density at radius 3 is 1.60 bits per heavy atom. The third-order valence-corrected chi connectivity index (χ3v) is 11.7. The van der Waals surface area contributed by atoms with E-state index in [-0.39, 0.29) is 0 Å². The monoisotopic (exact) mass is 696 g/mol. The molecule has 0 spiro atoms. The van der Waals surface area contributed by atoms with Crippen LogP contribution in [0.5, 0.6) is 0 Å². The molecule has 0 bridgehead atoms. The Labute approximate surface area is 318 Å². The number of benzene rings is 9. The Morgan fingerprint density at radius 1 is 0.345 bits per heavy atom. The Balaban J connectivity index is 1.16. The Morgan fingerprint density at radius 2 is 0.909 bits per heavy atom. The van der Waals surface area contributed by atoms with E-state index < -0.39 is 0 Å². The first-order valence-electron chi connectivity index (χ1n) is 18.9. The lowest BCUT2D eigenvalue weighted by atomic mass is 9.82. The quantitative estimate of drug-likeness (QED) is 0.179. The fourth-order valence-electron chi connectivity index (χ4n) is 9.26. The molecule has 2 heteroatoms. The third-order valence-electron chi connectivity index (χ3n) is 11.7. The van der Waals surface area contributed by atoms with Gasteiger partial charge in [0.05, 0.1) is 5.69 Å². The van der Waals surface area contributed by atoms with Crippen molar-refractivity contribution < 1.29 is 0 Å². The summed E-state index contributed by atoms with van der Waals surface area (Å²) >= 11 is 0. The van der Waals surface area contributed by atoms with Gasteiger partial charge in [-0.15, -0.1) is 0 Å². The summed E-state index contributed by atoms with van der Waals surface area (Å²) in [6, 6.07) is 67.0. The van der Waals surface area contributed by atoms with Crippen LogP contribution < -0.4 is 0 Å². The zero-order valence-electron chi connectivity index (χ0n) is 29.9. The van der Waals surface area contributed by atoms with Crippen molar-refractivity contribution in [3.8, 4) is 66.9 Å². The van der Waals surface area contributed by atoms with Crippen molar-refractivity contribution in [1.29, 1.82) is 0 Å². The SMILES string of the molecule is c1cc(-c2cn3ccccc3n2)cc(-c2ccc3c4c(cccc24)-c2c-3c(-c3ccc4ccccc4c3)c3ccccc3c2-c2ccc3ccccc3c2)c1. The second-order valence-electron chi connectivity index (χ2n) is 14.7. The lowest BCUT2D eigenvalue weighted by Gasteiger charge is -2.21. The van der Waals surface area contributed by atoms with Crippen LogP contribution in [-0.4, -0.2) is 9.38 Å². The number of rotatable bonds is 4. The fraction of sp³-hybridized carbons (Fsp3) is 0. The van der Waals surface area contributed by atoms with Crippen LogP contribution in [0.1, 0.15) is 0 Å². The molecule has 2 aromatic heterocycles. The van der Waals surface area contributed by atoms with Gasteiger partial charge in [-0.2, -0.15) is 0 Å². The molecule has 0 amide bonds. The predicted molar refractivity (Wildman–Crippen MR) is 231 cm³/mol. The van der Waals surface area contributed by atoms with Crippen LogP contribution in [-0.2, 0) is 0 Å². The molecule has 0 saturated heterocycles. The topological polar surface area (TPSA) is 17.3 Å². The largest absolute Gasteiger partial charge is 0.306 e. The van der Waals surface area contributed by atoms with Crippen molar-refractivity contribution in [2.45, 2.75) is 0 Å². The van der Waals surface area contributed by atoms with E-state index in [1.54, 1.807) is 0 Å². The normalized spacial score (nSPS) is 12.0. The molecule has 0 unspecified atom stereocenters. The maximum Gasteiger partial charge on any atom is 0.137 e. The molecule has 0 radical (unpaired) electrons. The van der Waals surface area contributed by atoms with Crippen LogP contribution >= 0.6 is 0 Å². The average Bonchev–Trinajstić information content (AvgIpc) is 3.83. The van der Waals surface area contributed by atoms with Gasteiger partial charge in [0.15, 0.2) is 0 Å². The Bertz CT molecular complexity index is 3220. The van der Waals surface area contributed by atoms with Crippen molar-refractivity contribution in [2.24, 2.45) is 0 Å². The van der Waals surface area contributed by atoms with Crippen molar-refractivity contribution >= 4 is 48.7 Å². The first-order valence-corrected chi connectivity index (χ1v) is 18.9. The van der Waals surface area contributed by atoms with Crippen molar-refractivity contribution in [2.75, 3.05) is 0 Å². The second-order valence-corrected chi connectivity index (χ2v) is 14.7. The molecule has 0 saturated carbocycles. The molecule has 0 N–H and O–H groups in total. The fourth-order valence-corrected chi connectivity index (χ4v) is 9.26. The molecule has 254 valence electrons. The van der Waals surface area contributed by atoms with Crippen molar-refractivity contribution in [3.05, 3.63) is 194 Å². The third kappa shape index (κ3) is 4.52. The first kappa shape index (κ1) is 30.2. The molecule has 55 heavy (non-hydrogen) atoms. The molecular weight excluding hydrogens is 665 g/mol. The summed E-state index contributed by atoms with van der Waals surface area (Å²) in [5, 5.41) is 10.1. The van der Waals surface area contributed by atoms with E-state index in [9.17, 15) is 0 Å². The molecule has 2 nitrogen and oxygen atoms in total. The molecule has 0 fully saturated rings. The van der Waals surface area contributed by atoms with Crippen LogP contribution in [0.15, 0.2) is 194 Å². The summed E-state index contributed by atoms with van der Waals surface area (Å²) < 4.78 is 2.09. The van der Waals surface area contributed by atoms with Crippen LogP contribution in [0.4, 0.5) is 0 Å². The van der Waals surface area contributed by atoms with Gasteiger partial charge in [-0.1, -0.05) is 152 Å². The van der Waals surface area contributed by atoms with Gasteiger partial charge >= 0.3 is 0 Å². The minimum atomic E-state index is 0.947. The molecule has 1 aliphatic carbocycles. The Hall–Kier alpha value is -7.29. The number of pyridine rings is 1. The number of nitrogens with zero attached hydrogens (tertiary/aromatic N) is 2. The Kier molecular flexibility index (Phi) is 6.37. The standard InChI is InChI=1S/C53H32N2/c1-3-13-35-29-39(24-22-33(35)11-1)49-43-17-5-6-18-44(43)50(40-25-23-34-12-2-4-14-36(34)30-40)53-46-27-26-41(42-19-10-20-45(51(42)46)52(49)53)37-15-9-16-38(31-37)47-32-55-28-8-7-21-48(55)54-47/h1-32H. The van der Waals surface area contributed by atoms with E-state index >= 15 is 0 Å². The minimum absolute atomic E-state index is 0.947. The van der Waals surface area contributed by atoms with Crippen molar-refractivity contribution in [1.82, 2.24) is 9.38 Å². The summed E-state index contributed by atoms with van der Waals surface area (Å²) in [6.07, 6.45) is 4.17. The second kappa shape index (κ2) is 11.6. The summed E-state index contributed by atoms with van der Waals surface area (Å²) in [5.74, 6) is 0. The smallest absolute Gasteiger partial charge is 0.137 e. The zero-order valence-corrected chi connectivity index (χ0v) is 29.9. The number of hydrogen-bond donors (Lipinski definition) is 0. The molecule has 0 atom stereocenters. The van der Waals surface area contributed by atoms with Crippen LogP contribution in [0.3, 0.4) is 0 Å². The van der Waals surface area contributed by atoms with Crippen LogP contribution in [0.2, 0.25) is 0 Å². The minimum Gasteiger partial charge on any atom is -0.306 e. The summed E-state index contributed by atoms with van der Waals surface area (Å²) in [4.78, 5) is 4.95. The summed E-state index contributed by atoms with van der Waals surface area (Å²) in [6.45, 7) is 0. The molecule has 1 aliphatic rings. The number of fused-ring (bicyclic) bond motifs is 7. The van der Waals surface area contributed by atoms with Gasteiger partial charge in [0, 0.05) is 18.0 Å². The molecular formula is C53H32N2. The molecule has 9 aromatic carbocycles. The molecule has 11 aromatic rings. The van der Waals surface area contributed by atoms with Gasteiger partial charge in [-0.25, -0.2) is 4.98 Å². The molecule has 0 aliphatic heterocycles. The number of hydrogen-bond acceptors (Lipinski definition) is 1. The van der Waals surface area contributed by atoms with Crippen LogP contribution in [0, 0.1) is 0 Å². The maximum absolute atomic E-state index is 4.95.